The van der Waals surface area contributed by atoms with Gasteiger partial charge in [-0.25, -0.2) is 0 Å². The largest absolute Gasteiger partial charge is 0.493 e. The van der Waals surface area contributed by atoms with Crippen molar-refractivity contribution in [1.82, 2.24) is 9.78 Å². The number of aryl methyl sites for hydroxylation is 1. The Morgan fingerprint density at radius 3 is 2.72 bits per heavy atom. The number of aromatic nitrogens is 2. The lowest BCUT2D eigenvalue weighted by Gasteiger charge is -2.15. The highest BCUT2D eigenvalue weighted by atomic mass is 16.5. The van der Waals surface area contributed by atoms with Gasteiger partial charge in [-0.15, -0.1) is 0 Å². The van der Waals surface area contributed by atoms with Crippen LogP contribution in [0.15, 0.2) is 6.20 Å². The Morgan fingerprint density at radius 1 is 1.33 bits per heavy atom. The zero-order valence-corrected chi connectivity index (χ0v) is 11.4. The van der Waals surface area contributed by atoms with Crippen LogP contribution in [-0.4, -0.2) is 43.8 Å². The minimum absolute atomic E-state index is 0.134. The van der Waals surface area contributed by atoms with Crippen LogP contribution in [0.5, 0.6) is 5.75 Å². The molecular formula is C12H23N3O3. The van der Waals surface area contributed by atoms with Gasteiger partial charge in [0.1, 0.15) is 0 Å². The van der Waals surface area contributed by atoms with E-state index in [9.17, 15) is 0 Å². The average molecular weight is 257 g/mol. The molecule has 18 heavy (non-hydrogen) atoms. The minimum atomic E-state index is -0.134. The fraction of sp³-hybridized carbons (Fsp3) is 0.750. The first-order valence-electron chi connectivity index (χ1n) is 6.16. The van der Waals surface area contributed by atoms with Crippen molar-refractivity contribution in [2.45, 2.75) is 25.9 Å². The van der Waals surface area contributed by atoms with Crippen molar-refractivity contribution in [2.24, 2.45) is 5.73 Å². The van der Waals surface area contributed by atoms with E-state index in [1.807, 2.05) is 11.6 Å². The van der Waals surface area contributed by atoms with Gasteiger partial charge in [0, 0.05) is 20.3 Å². The summed E-state index contributed by atoms with van der Waals surface area (Å²) in [7, 11) is 3.28. The van der Waals surface area contributed by atoms with Crippen LogP contribution >= 0.6 is 0 Å². The van der Waals surface area contributed by atoms with Crippen LogP contribution in [0.25, 0.3) is 0 Å². The van der Waals surface area contributed by atoms with Crippen molar-refractivity contribution in [3.05, 3.63) is 11.9 Å². The molecule has 6 nitrogen and oxygen atoms in total. The molecule has 1 aromatic rings. The van der Waals surface area contributed by atoms with Crippen molar-refractivity contribution in [1.29, 1.82) is 0 Å². The smallest absolute Gasteiger partial charge is 0.161 e. The molecule has 0 bridgehead atoms. The SMILES string of the molecule is CCn1ncc(OC)c1C(N)CCOCCOC. The number of methoxy groups -OCH3 is 2. The van der Waals surface area contributed by atoms with Gasteiger partial charge in [0.15, 0.2) is 5.75 Å². The molecule has 0 aliphatic carbocycles. The first kappa shape index (κ1) is 14.9. The van der Waals surface area contributed by atoms with Gasteiger partial charge in [-0.3, -0.25) is 4.68 Å². The summed E-state index contributed by atoms with van der Waals surface area (Å²) in [6, 6.07) is -0.134. The zero-order chi connectivity index (χ0) is 13.4. The summed E-state index contributed by atoms with van der Waals surface area (Å²) in [6.45, 7) is 4.59. The Morgan fingerprint density at radius 2 is 2.11 bits per heavy atom. The van der Waals surface area contributed by atoms with E-state index in [-0.39, 0.29) is 6.04 Å². The fourth-order valence-corrected chi connectivity index (χ4v) is 1.75. The van der Waals surface area contributed by atoms with E-state index in [2.05, 4.69) is 5.10 Å². The second-order valence-corrected chi connectivity index (χ2v) is 3.91. The highest BCUT2D eigenvalue weighted by molar-refractivity contribution is 5.28. The lowest BCUT2D eigenvalue weighted by molar-refractivity contribution is 0.0668. The Balaban J connectivity index is 2.49. The molecule has 0 fully saturated rings. The molecule has 0 saturated carbocycles. The summed E-state index contributed by atoms with van der Waals surface area (Å²) in [5.41, 5.74) is 7.08. The first-order chi connectivity index (χ1) is 8.74. The van der Waals surface area contributed by atoms with Crippen molar-refractivity contribution >= 4 is 0 Å². The van der Waals surface area contributed by atoms with Crippen molar-refractivity contribution < 1.29 is 14.2 Å². The lowest BCUT2D eigenvalue weighted by atomic mass is 10.1. The lowest BCUT2D eigenvalue weighted by Crippen LogP contribution is -2.19. The van der Waals surface area contributed by atoms with E-state index in [0.717, 1.165) is 24.4 Å². The van der Waals surface area contributed by atoms with E-state index in [1.165, 1.54) is 0 Å². The van der Waals surface area contributed by atoms with E-state index in [0.29, 0.717) is 19.8 Å². The van der Waals surface area contributed by atoms with E-state index in [4.69, 9.17) is 19.9 Å². The average Bonchev–Trinajstić information content (AvgIpc) is 2.81. The van der Waals surface area contributed by atoms with E-state index in [1.54, 1.807) is 20.4 Å². The molecule has 0 aromatic carbocycles. The molecule has 1 heterocycles. The summed E-state index contributed by atoms with van der Waals surface area (Å²) in [5.74, 6) is 0.737. The minimum Gasteiger partial charge on any atom is -0.493 e. The molecule has 0 aliphatic heterocycles. The van der Waals surface area contributed by atoms with Crippen LogP contribution in [-0.2, 0) is 16.0 Å². The summed E-state index contributed by atoms with van der Waals surface area (Å²) in [5, 5.41) is 4.24. The van der Waals surface area contributed by atoms with Gasteiger partial charge in [-0.05, 0) is 13.3 Å². The van der Waals surface area contributed by atoms with Gasteiger partial charge in [-0.2, -0.15) is 5.10 Å². The van der Waals surface area contributed by atoms with Gasteiger partial charge in [-0.1, -0.05) is 0 Å². The topological polar surface area (TPSA) is 71.5 Å². The quantitative estimate of drug-likeness (QED) is 0.667. The maximum atomic E-state index is 6.15. The number of ether oxygens (including phenoxy) is 3. The van der Waals surface area contributed by atoms with Gasteiger partial charge in [0.25, 0.3) is 0 Å². The van der Waals surface area contributed by atoms with Gasteiger partial charge in [0.05, 0.1) is 38.3 Å². The Labute approximate surface area is 108 Å². The van der Waals surface area contributed by atoms with Crippen LogP contribution in [0, 0.1) is 0 Å². The molecule has 0 saturated heterocycles. The maximum Gasteiger partial charge on any atom is 0.161 e. The fourth-order valence-electron chi connectivity index (χ4n) is 1.75. The van der Waals surface area contributed by atoms with Crippen LogP contribution in [0.3, 0.4) is 0 Å². The molecule has 1 aromatic heterocycles. The summed E-state index contributed by atoms with van der Waals surface area (Å²) < 4.78 is 17.4. The number of hydrogen-bond acceptors (Lipinski definition) is 5. The first-order valence-corrected chi connectivity index (χ1v) is 6.16. The van der Waals surface area contributed by atoms with Crippen molar-refractivity contribution in [3.63, 3.8) is 0 Å². The molecule has 0 aliphatic rings. The second-order valence-electron chi connectivity index (χ2n) is 3.91. The highest BCUT2D eigenvalue weighted by Gasteiger charge is 2.17. The van der Waals surface area contributed by atoms with Gasteiger partial charge >= 0.3 is 0 Å². The predicted octanol–water partition coefficient (Wildman–Crippen LogP) is 0.964. The number of nitrogens with zero attached hydrogens (tertiary/aromatic N) is 2. The third-order valence-corrected chi connectivity index (χ3v) is 2.72. The maximum absolute atomic E-state index is 6.15. The van der Waals surface area contributed by atoms with Crippen LogP contribution in [0.4, 0.5) is 0 Å². The molecule has 2 N–H and O–H groups in total. The zero-order valence-electron chi connectivity index (χ0n) is 11.4. The Bertz CT molecular complexity index is 320. The molecule has 104 valence electrons. The van der Waals surface area contributed by atoms with Crippen molar-refractivity contribution in [3.8, 4) is 5.75 Å². The third kappa shape index (κ3) is 3.97. The van der Waals surface area contributed by atoms with Crippen LogP contribution < -0.4 is 10.5 Å². The molecular weight excluding hydrogens is 234 g/mol. The van der Waals surface area contributed by atoms with E-state index < -0.39 is 0 Å². The molecule has 1 rings (SSSR count). The molecule has 1 unspecified atom stereocenters. The molecule has 6 heteroatoms. The summed E-state index contributed by atoms with van der Waals surface area (Å²) in [6.07, 6.45) is 2.43. The normalized spacial score (nSPS) is 12.7. The van der Waals surface area contributed by atoms with Gasteiger partial charge in [0.2, 0.25) is 0 Å². The third-order valence-electron chi connectivity index (χ3n) is 2.72. The van der Waals surface area contributed by atoms with Crippen LogP contribution in [0.2, 0.25) is 0 Å². The van der Waals surface area contributed by atoms with Crippen molar-refractivity contribution in [2.75, 3.05) is 34.0 Å². The summed E-state index contributed by atoms with van der Waals surface area (Å²) >= 11 is 0. The molecule has 0 spiro atoms. The number of rotatable bonds is 9. The Kier molecular flexibility index (Phi) is 6.70. The standard InChI is InChI=1S/C12H23N3O3/c1-4-15-12(11(17-3)9-14-15)10(13)5-6-18-8-7-16-2/h9-10H,4-8,13H2,1-3H3. The van der Waals surface area contributed by atoms with Crippen LogP contribution in [0.1, 0.15) is 25.1 Å². The molecule has 0 amide bonds. The Hall–Kier alpha value is -1.11. The second kappa shape index (κ2) is 8.07. The summed E-state index contributed by atoms with van der Waals surface area (Å²) in [4.78, 5) is 0. The van der Waals surface area contributed by atoms with Gasteiger partial charge < -0.3 is 19.9 Å². The number of hydrogen-bond donors (Lipinski definition) is 1. The highest BCUT2D eigenvalue weighted by Crippen LogP contribution is 2.25. The molecule has 1 atom stereocenters. The number of nitrogens with two attached hydrogens (primary N) is 1. The molecule has 0 radical (unpaired) electrons. The predicted molar refractivity (Wildman–Crippen MR) is 68.7 cm³/mol. The van der Waals surface area contributed by atoms with E-state index >= 15 is 0 Å². The monoisotopic (exact) mass is 257 g/mol.